The summed E-state index contributed by atoms with van der Waals surface area (Å²) in [5, 5.41) is 10.0. The number of amides is 1. The molecule has 0 radical (unpaired) electrons. The Bertz CT molecular complexity index is 476. The van der Waals surface area contributed by atoms with Crippen LogP contribution in [0.15, 0.2) is 12.3 Å². The number of nitrogens with zero attached hydrogens (tertiary/aromatic N) is 2. The van der Waals surface area contributed by atoms with Crippen molar-refractivity contribution in [1.82, 2.24) is 9.88 Å². The van der Waals surface area contributed by atoms with E-state index in [9.17, 15) is 9.90 Å². The molecule has 1 aliphatic rings. The van der Waals surface area contributed by atoms with Gasteiger partial charge >= 0.3 is 0 Å². The number of aliphatic hydroxyl groups excluding tert-OH is 1. The summed E-state index contributed by atoms with van der Waals surface area (Å²) in [5.41, 5.74) is 7.51. The highest BCUT2D eigenvalue weighted by atomic mass is 16.3. The maximum Gasteiger partial charge on any atom is 0.257 e. The number of likely N-dealkylation sites (N-methyl/N-ethyl adjacent to an activating group) is 1. The van der Waals surface area contributed by atoms with Gasteiger partial charge in [0, 0.05) is 24.6 Å². The SMILES string of the molecule is Cc1cc(N)c(C(=O)N(C)C2CCCCC2O)cn1. The van der Waals surface area contributed by atoms with Gasteiger partial charge < -0.3 is 15.7 Å². The predicted molar refractivity (Wildman–Crippen MR) is 73.7 cm³/mol. The second-order valence-electron chi connectivity index (χ2n) is 5.25. The van der Waals surface area contributed by atoms with E-state index in [1.165, 1.54) is 6.20 Å². The minimum atomic E-state index is -0.442. The van der Waals surface area contributed by atoms with Crippen LogP contribution in [-0.4, -0.2) is 40.1 Å². The number of anilines is 1. The van der Waals surface area contributed by atoms with E-state index in [0.717, 1.165) is 31.4 Å². The number of rotatable bonds is 2. The van der Waals surface area contributed by atoms with Gasteiger partial charge in [0.15, 0.2) is 0 Å². The Morgan fingerprint density at radius 1 is 1.47 bits per heavy atom. The van der Waals surface area contributed by atoms with E-state index >= 15 is 0 Å². The average Bonchev–Trinajstić information content (AvgIpc) is 2.38. The highest BCUT2D eigenvalue weighted by Crippen LogP contribution is 2.24. The van der Waals surface area contributed by atoms with Crippen molar-refractivity contribution >= 4 is 11.6 Å². The van der Waals surface area contributed by atoms with E-state index in [4.69, 9.17) is 5.73 Å². The Hall–Kier alpha value is -1.62. The molecule has 0 bridgehead atoms. The molecule has 2 unspecified atom stereocenters. The average molecular weight is 263 g/mol. The fraction of sp³-hybridized carbons (Fsp3) is 0.571. The number of carbonyl (C=O) groups excluding carboxylic acids is 1. The number of aromatic nitrogens is 1. The molecule has 5 nitrogen and oxygen atoms in total. The lowest BCUT2D eigenvalue weighted by Gasteiger charge is -2.35. The maximum atomic E-state index is 12.4. The van der Waals surface area contributed by atoms with Gasteiger partial charge in [-0.2, -0.15) is 0 Å². The summed E-state index contributed by atoms with van der Waals surface area (Å²) in [4.78, 5) is 18.1. The molecule has 2 atom stereocenters. The number of aliphatic hydroxyl groups is 1. The molecule has 0 spiro atoms. The second kappa shape index (κ2) is 5.57. The summed E-state index contributed by atoms with van der Waals surface area (Å²) < 4.78 is 0. The lowest BCUT2D eigenvalue weighted by molar-refractivity contribution is 0.0268. The molecule has 0 saturated heterocycles. The van der Waals surface area contributed by atoms with Gasteiger partial charge in [-0.25, -0.2) is 0 Å². The van der Waals surface area contributed by atoms with E-state index in [2.05, 4.69) is 4.98 Å². The third-order valence-corrected chi connectivity index (χ3v) is 3.81. The van der Waals surface area contributed by atoms with Crippen LogP contribution in [-0.2, 0) is 0 Å². The molecule has 0 aliphatic heterocycles. The van der Waals surface area contributed by atoms with Crippen molar-refractivity contribution in [3.8, 4) is 0 Å². The molecule has 19 heavy (non-hydrogen) atoms. The largest absolute Gasteiger partial charge is 0.398 e. The minimum absolute atomic E-state index is 0.123. The van der Waals surface area contributed by atoms with Crippen LogP contribution in [0.25, 0.3) is 0 Å². The Morgan fingerprint density at radius 2 is 2.16 bits per heavy atom. The molecule has 1 aromatic heterocycles. The van der Waals surface area contributed by atoms with E-state index in [-0.39, 0.29) is 11.9 Å². The van der Waals surface area contributed by atoms with Gasteiger partial charge in [-0.1, -0.05) is 12.8 Å². The summed E-state index contributed by atoms with van der Waals surface area (Å²) in [6, 6.07) is 1.57. The van der Waals surface area contributed by atoms with Gasteiger partial charge in [0.25, 0.3) is 5.91 Å². The van der Waals surface area contributed by atoms with Gasteiger partial charge in [0.2, 0.25) is 0 Å². The quantitative estimate of drug-likeness (QED) is 0.844. The minimum Gasteiger partial charge on any atom is -0.398 e. The molecular weight excluding hydrogens is 242 g/mol. The van der Waals surface area contributed by atoms with Crippen molar-refractivity contribution in [3.63, 3.8) is 0 Å². The lowest BCUT2D eigenvalue weighted by atomic mass is 9.91. The fourth-order valence-electron chi connectivity index (χ4n) is 2.64. The van der Waals surface area contributed by atoms with Gasteiger partial charge in [-0.05, 0) is 25.8 Å². The van der Waals surface area contributed by atoms with Gasteiger partial charge in [-0.15, -0.1) is 0 Å². The third-order valence-electron chi connectivity index (χ3n) is 3.81. The molecule has 1 aliphatic carbocycles. The molecule has 0 aromatic carbocycles. The van der Waals surface area contributed by atoms with Crippen molar-refractivity contribution in [2.24, 2.45) is 0 Å². The van der Waals surface area contributed by atoms with Gasteiger partial charge in [0.1, 0.15) is 0 Å². The summed E-state index contributed by atoms with van der Waals surface area (Å²) in [6.45, 7) is 1.83. The third kappa shape index (κ3) is 2.87. The molecule has 1 amide bonds. The number of carbonyl (C=O) groups is 1. The molecule has 1 fully saturated rings. The van der Waals surface area contributed by atoms with Crippen LogP contribution in [0, 0.1) is 6.92 Å². The molecule has 1 aromatic rings. The summed E-state index contributed by atoms with van der Waals surface area (Å²) >= 11 is 0. The highest BCUT2D eigenvalue weighted by Gasteiger charge is 2.30. The summed E-state index contributed by atoms with van der Waals surface area (Å²) in [5.74, 6) is -0.170. The van der Waals surface area contributed by atoms with Crippen LogP contribution in [0.4, 0.5) is 5.69 Å². The Balaban J connectivity index is 2.18. The van der Waals surface area contributed by atoms with Crippen LogP contribution < -0.4 is 5.73 Å². The first-order valence-electron chi connectivity index (χ1n) is 6.68. The van der Waals surface area contributed by atoms with Crippen LogP contribution in [0.3, 0.4) is 0 Å². The van der Waals surface area contributed by atoms with Crippen LogP contribution in [0.1, 0.15) is 41.7 Å². The molecule has 104 valence electrons. The second-order valence-corrected chi connectivity index (χ2v) is 5.25. The Labute approximate surface area is 113 Å². The molecule has 3 N–H and O–H groups in total. The number of nitrogens with two attached hydrogens (primary N) is 1. The molecule has 2 rings (SSSR count). The van der Waals surface area contributed by atoms with Crippen molar-refractivity contribution in [1.29, 1.82) is 0 Å². The summed E-state index contributed by atoms with van der Waals surface area (Å²) in [6.07, 6.45) is 4.72. The first-order valence-corrected chi connectivity index (χ1v) is 6.68. The van der Waals surface area contributed by atoms with Gasteiger partial charge in [-0.3, -0.25) is 9.78 Å². The number of nitrogen functional groups attached to an aromatic ring is 1. The van der Waals surface area contributed by atoms with Crippen LogP contribution in [0.2, 0.25) is 0 Å². The van der Waals surface area contributed by atoms with E-state index < -0.39 is 6.10 Å². The van der Waals surface area contributed by atoms with Crippen molar-refractivity contribution < 1.29 is 9.90 Å². The van der Waals surface area contributed by atoms with E-state index in [1.54, 1.807) is 18.0 Å². The standard InChI is InChI=1S/C14H21N3O2/c1-9-7-11(15)10(8-16-9)14(19)17(2)12-5-3-4-6-13(12)18/h7-8,12-13,18H,3-6H2,1-2H3,(H2,15,16). The van der Waals surface area contributed by atoms with Crippen molar-refractivity contribution in [2.45, 2.75) is 44.8 Å². The maximum absolute atomic E-state index is 12.4. The first kappa shape index (κ1) is 13.8. The summed E-state index contributed by atoms with van der Waals surface area (Å²) in [7, 11) is 1.72. The molecule has 1 heterocycles. The smallest absolute Gasteiger partial charge is 0.257 e. The fourth-order valence-corrected chi connectivity index (χ4v) is 2.64. The predicted octanol–water partition coefficient (Wildman–Crippen LogP) is 1.35. The van der Waals surface area contributed by atoms with Crippen LogP contribution in [0.5, 0.6) is 0 Å². The molecule has 5 heteroatoms. The number of aryl methyl sites for hydroxylation is 1. The molecule has 1 saturated carbocycles. The van der Waals surface area contributed by atoms with Gasteiger partial charge in [0.05, 0.1) is 17.7 Å². The van der Waals surface area contributed by atoms with E-state index in [0.29, 0.717) is 11.3 Å². The van der Waals surface area contributed by atoms with Crippen molar-refractivity contribution in [2.75, 3.05) is 12.8 Å². The highest BCUT2D eigenvalue weighted by molar-refractivity contribution is 5.98. The Morgan fingerprint density at radius 3 is 2.79 bits per heavy atom. The number of hydrogen-bond donors (Lipinski definition) is 2. The number of pyridine rings is 1. The monoisotopic (exact) mass is 263 g/mol. The van der Waals surface area contributed by atoms with E-state index in [1.807, 2.05) is 6.92 Å². The Kier molecular flexibility index (Phi) is 4.04. The van der Waals surface area contributed by atoms with Crippen LogP contribution >= 0.6 is 0 Å². The normalized spacial score (nSPS) is 23.1. The zero-order valence-electron chi connectivity index (χ0n) is 11.5. The molecular formula is C14H21N3O2. The zero-order valence-corrected chi connectivity index (χ0v) is 11.5. The lowest BCUT2D eigenvalue weighted by Crippen LogP contribution is -2.46. The number of hydrogen-bond acceptors (Lipinski definition) is 4. The van der Waals surface area contributed by atoms with Crippen molar-refractivity contribution in [3.05, 3.63) is 23.5 Å². The first-order chi connectivity index (χ1) is 9.00. The zero-order chi connectivity index (χ0) is 14.0. The topological polar surface area (TPSA) is 79.5 Å².